The van der Waals surface area contributed by atoms with Gasteiger partial charge in [0.05, 0.1) is 17.0 Å². The number of benzene rings is 3. The quantitative estimate of drug-likeness (QED) is 0.411. The van der Waals surface area contributed by atoms with E-state index >= 15 is 0 Å². The number of primary amides is 1. The van der Waals surface area contributed by atoms with Gasteiger partial charge in [-0.05, 0) is 66.9 Å². The molecule has 0 radical (unpaired) electrons. The largest absolute Gasteiger partial charge is 0.366 e. The summed E-state index contributed by atoms with van der Waals surface area (Å²) in [5.41, 5.74) is 16.1. The zero-order valence-electron chi connectivity index (χ0n) is 18.9. The second kappa shape index (κ2) is 8.96. The number of hydrogen-bond donors (Lipinski definition) is 4. The second-order valence-corrected chi connectivity index (χ2v) is 8.68. The normalized spacial score (nSPS) is 14.6. The molecule has 1 aliphatic rings. The molecular weight excluding hydrogens is 431 g/mol. The molecule has 6 nitrogen and oxygen atoms in total. The van der Waals surface area contributed by atoms with Gasteiger partial charge < -0.3 is 22.1 Å². The molecule has 0 unspecified atom stereocenters. The molecule has 0 saturated carbocycles. The molecule has 1 heterocycles. The topological polar surface area (TPSA) is 110 Å². The van der Waals surface area contributed by atoms with Crippen molar-refractivity contribution in [3.8, 4) is 0 Å². The molecule has 0 spiro atoms. The van der Waals surface area contributed by atoms with Crippen molar-refractivity contribution in [3.05, 3.63) is 101 Å². The second-order valence-electron chi connectivity index (χ2n) is 8.68. The van der Waals surface area contributed by atoms with Crippen LogP contribution in [-0.4, -0.2) is 11.8 Å². The number of hydrogen-bond acceptors (Lipinski definition) is 4. The van der Waals surface area contributed by atoms with E-state index in [0.717, 1.165) is 22.4 Å². The average Bonchev–Trinajstić information content (AvgIpc) is 3.10. The summed E-state index contributed by atoms with van der Waals surface area (Å²) < 4.78 is 13.8. The van der Waals surface area contributed by atoms with Crippen molar-refractivity contribution in [2.45, 2.75) is 19.4 Å². The van der Waals surface area contributed by atoms with Gasteiger partial charge in [0.2, 0.25) is 5.91 Å². The highest BCUT2D eigenvalue weighted by molar-refractivity contribution is 6.37. The van der Waals surface area contributed by atoms with Gasteiger partial charge in [-0.1, -0.05) is 36.4 Å². The Morgan fingerprint density at radius 1 is 1.03 bits per heavy atom. The van der Waals surface area contributed by atoms with Gasteiger partial charge in [-0.3, -0.25) is 9.59 Å². The van der Waals surface area contributed by atoms with E-state index in [1.165, 1.54) is 18.2 Å². The Balaban J connectivity index is 1.80. The molecule has 2 amide bonds. The predicted octanol–water partition coefficient (Wildman–Crippen LogP) is 4.45. The van der Waals surface area contributed by atoms with E-state index < -0.39 is 17.3 Å². The van der Waals surface area contributed by atoms with Crippen LogP contribution in [0.1, 0.15) is 36.1 Å². The van der Waals surface area contributed by atoms with E-state index in [1.807, 2.05) is 62.4 Å². The zero-order chi connectivity index (χ0) is 24.5. The molecule has 0 aromatic heterocycles. The summed E-state index contributed by atoms with van der Waals surface area (Å²) >= 11 is 0. The Morgan fingerprint density at radius 3 is 2.32 bits per heavy atom. The van der Waals surface area contributed by atoms with Crippen LogP contribution in [-0.2, 0) is 15.1 Å². The molecule has 172 valence electrons. The summed E-state index contributed by atoms with van der Waals surface area (Å²) in [4.78, 5) is 24.0. The van der Waals surface area contributed by atoms with Crippen LogP contribution >= 0.6 is 0 Å². The molecule has 0 atom stereocenters. The third-order valence-corrected chi connectivity index (χ3v) is 5.51. The first-order valence-corrected chi connectivity index (χ1v) is 10.7. The van der Waals surface area contributed by atoms with Crippen LogP contribution in [0.15, 0.2) is 72.8 Å². The lowest BCUT2D eigenvalue weighted by molar-refractivity contribution is -0.113. The first kappa shape index (κ1) is 22.9. The molecule has 0 aliphatic carbocycles. The molecule has 7 heteroatoms. The first-order valence-electron chi connectivity index (χ1n) is 10.7. The number of anilines is 2. The Morgan fingerprint density at radius 2 is 1.71 bits per heavy atom. The fourth-order valence-corrected chi connectivity index (χ4v) is 3.74. The zero-order valence-corrected chi connectivity index (χ0v) is 18.9. The summed E-state index contributed by atoms with van der Waals surface area (Å²) in [6.45, 7) is 3.85. The molecule has 3 aromatic carbocycles. The smallest absolute Gasteiger partial charge is 0.258 e. The average molecular weight is 457 g/mol. The molecule has 6 N–H and O–H groups in total. The van der Waals surface area contributed by atoms with Gasteiger partial charge in [-0.25, -0.2) is 4.39 Å². The minimum absolute atomic E-state index is 0.333. The molecule has 0 fully saturated rings. The molecule has 3 aromatic rings. The minimum Gasteiger partial charge on any atom is -0.366 e. The van der Waals surface area contributed by atoms with E-state index in [4.69, 9.17) is 11.5 Å². The van der Waals surface area contributed by atoms with Crippen LogP contribution in [0.2, 0.25) is 0 Å². The molecule has 0 bridgehead atoms. The lowest BCUT2D eigenvalue weighted by Crippen LogP contribution is -2.28. The van der Waals surface area contributed by atoms with Crippen molar-refractivity contribution < 1.29 is 14.0 Å². The number of nitrogens with two attached hydrogens (primary N) is 2. The fourth-order valence-electron chi connectivity index (χ4n) is 3.74. The van der Waals surface area contributed by atoms with E-state index in [9.17, 15) is 14.0 Å². The summed E-state index contributed by atoms with van der Waals surface area (Å²) in [5.74, 6) is -1.30. The fraction of sp³-hybridized carbons (Fsp3) is 0.111. The third kappa shape index (κ3) is 4.89. The Hall–Kier alpha value is -4.23. The number of rotatable bonds is 6. The molecule has 34 heavy (non-hydrogen) atoms. The molecule has 4 rings (SSSR count). The summed E-state index contributed by atoms with van der Waals surface area (Å²) in [6, 6.07) is 19.2. The van der Waals surface area contributed by atoms with Gasteiger partial charge in [-0.15, -0.1) is 0 Å². The Labute approximate surface area is 197 Å². The van der Waals surface area contributed by atoms with E-state index in [1.54, 1.807) is 12.1 Å². The highest BCUT2D eigenvalue weighted by atomic mass is 19.1. The Bertz CT molecular complexity index is 1320. The number of nitrogens with one attached hydrogen (secondary N) is 2. The minimum atomic E-state index is -0.538. The SMILES string of the molecule is CC(C)(N)c1ccc(N/C(=C2\C(=O)Nc3cc(F)ccc32)c2ccc(/C=C/C(N)=O)cc2)cc1. The maximum atomic E-state index is 13.8. The van der Waals surface area contributed by atoms with Crippen molar-refractivity contribution in [1.82, 2.24) is 0 Å². The van der Waals surface area contributed by atoms with Crippen molar-refractivity contribution in [2.75, 3.05) is 10.6 Å². The van der Waals surface area contributed by atoms with Gasteiger partial charge in [0, 0.05) is 22.9 Å². The van der Waals surface area contributed by atoms with Crippen molar-refractivity contribution in [3.63, 3.8) is 0 Å². The third-order valence-electron chi connectivity index (χ3n) is 5.51. The number of carbonyl (C=O) groups excluding carboxylic acids is 2. The van der Waals surface area contributed by atoms with Crippen molar-refractivity contribution in [1.29, 1.82) is 0 Å². The van der Waals surface area contributed by atoms with Gasteiger partial charge in [0.25, 0.3) is 5.91 Å². The van der Waals surface area contributed by atoms with E-state index in [2.05, 4.69) is 10.6 Å². The summed E-state index contributed by atoms with van der Waals surface area (Å²) in [5, 5.41) is 6.11. The van der Waals surface area contributed by atoms with Gasteiger partial charge in [0.1, 0.15) is 5.82 Å². The van der Waals surface area contributed by atoms with E-state index in [-0.39, 0.29) is 5.91 Å². The highest BCUT2D eigenvalue weighted by Gasteiger charge is 2.29. The molecular formula is C27H25FN4O2. The van der Waals surface area contributed by atoms with Crippen LogP contribution in [0.4, 0.5) is 15.8 Å². The van der Waals surface area contributed by atoms with Crippen LogP contribution in [0.5, 0.6) is 0 Å². The molecule has 1 aliphatic heterocycles. The predicted molar refractivity (Wildman–Crippen MR) is 134 cm³/mol. The standard InChI is InChI=1S/C27H25FN4O2/c1-27(2,30)18-8-11-20(12-9-18)31-25(17-6-3-16(4-7-17)5-14-23(29)33)24-21-13-10-19(28)15-22(21)32-26(24)34/h3-15,31H,30H2,1-2H3,(H2,29,33)(H,32,34)/b14-5+,25-24-. The van der Waals surface area contributed by atoms with Crippen LogP contribution in [0, 0.1) is 5.82 Å². The number of fused-ring (bicyclic) bond motifs is 1. The maximum absolute atomic E-state index is 13.8. The van der Waals surface area contributed by atoms with Gasteiger partial charge >= 0.3 is 0 Å². The van der Waals surface area contributed by atoms with Gasteiger partial charge in [-0.2, -0.15) is 0 Å². The first-order chi connectivity index (χ1) is 16.1. The van der Waals surface area contributed by atoms with Crippen molar-refractivity contribution >= 4 is 40.5 Å². The lowest BCUT2D eigenvalue weighted by atomic mass is 9.95. The maximum Gasteiger partial charge on any atom is 0.258 e. The molecule has 0 saturated heterocycles. The summed E-state index contributed by atoms with van der Waals surface area (Å²) in [6.07, 6.45) is 2.89. The highest BCUT2D eigenvalue weighted by Crippen LogP contribution is 2.38. The Kier molecular flexibility index (Phi) is 6.04. The van der Waals surface area contributed by atoms with Crippen LogP contribution in [0.3, 0.4) is 0 Å². The van der Waals surface area contributed by atoms with Crippen LogP contribution < -0.4 is 22.1 Å². The monoisotopic (exact) mass is 456 g/mol. The van der Waals surface area contributed by atoms with Gasteiger partial charge in [0.15, 0.2) is 0 Å². The lowest BCUT2D eigenvalue weighted by Gasteiger charge is -2.20. The number of halogens is 1. The van der Waals surface area contributed by atoms with E-state index in [0.29, 0.717) is 22.5 Å². The number of carbonyl (C=O) groups is 2. The van der Waals surface area contributed by atoms with Crippen molar-refractivity contribution in [2.24, 2.45) is 11.5 Å². The van der Waals surface area contributed by atoms with Crippen LogP contribution in [0.25, 0.3) is 17.3 Å². The number of amides is 2. The summed E-state index contributed by atoms with van der Waals surface area (Å²) in [7, 11) is 0.